The van der Waals surface area contributed by atoms with Gasteiger partial charge in [-0.25, -0.2) is 0 Å². The van der Waals surface area contributed by atoms with Crippen molar-refractivity contribution in [2.24, 2.45) is 0 Å². The molecule has 2 rings (SSSR count). The van der Waals surface area contributed by atoms with Crippen molar-refractivity contribution in [1.82, 2.24) is 4.98 Å². The van der Waals surface area contributed by atoms with Crippen LogP contribution in [0.15, 0.2) is 33.3 Å². The van der Waals surface area contributed by atoms with Gasteiger partial charge in [0, 0.05) is 39.9 Å². The fourth-order valence-electron chi connectivity index (χ4n) is 1.27. The third kappa shape index (κ3) is 8.18. The summed E-state index contributed by atoms with van der Waals surface area (Å²) in [5.74, 6) is 0.179. The molecular formula is C15H10Br2CoN5O3-. The average Bonchev–Trinajstić information content (AvgIpc) is 2.65. The second-order valence-electron chi connectivity index (χ2n) is 3.85. The van der Waals surface area contributed by atoms with Gasteiger partial charge in [-0.3, -0.25) is 15.8 Å². The molecule has 0 unspecified atom stereocenters. The van der Waals surface area contributed by atoms with E-state index < -0.39 is 11.4 Å². The molecule has 1 radical (unpaired) electrons. The Kier molecular flexibility index (Phi) is 13.9. The van der Waals surface area contributed by atoms with Gasteiger partial charge in [0.25, 0.3) is 0 Å². The van der Waals surface area contributed by atoms with Crippen LogP contribution in [0.1, 0.15) is 0 Å². The van der Waals surface area contributed by atoms with Crippen molar-refractivity contribution in [3.05, 3.63) is 33.3 Å². The fraction of sp³-hybridized carbons (Fsp3) is 0.0667. The first-order valence-electron chi connectivity index (χ1n) is 6.13. The van der Waals surface area contributed by atoms with Crippen molar-refractivity contribution in [2.45, 2.75) is 0 Å². The standard InChI is InChI=1S/C9H5Br2NO.C4H2N4.C2H3O2.Co/c10-6-4-7(11)9(13)8-5(6)2-1-3-12-8;5-1-3(7)4(8)2-6;1-4-2-3;/h1-4,13H;7-8H;1H3;/q;;-1;. The second-order valence-corrected chi connectivity index (χ2v) is 5.56. The van der Waals surface area contributed by atoms with Crippen molar-refractivity contribution in [3.63, 3.8) is 0 Å². The van der Waals surface area contributed by atoms with Crippen molar-refractivity contribution in [1.29, 1.82) is 21.3 Å². The third-order valence-corrected chi connectivity index (χ3v) is 3.59. The Hall–Kier alpha value is -2.31. The van der Waals surface area contributed by atoms with Crippen molar-refractivity contribution in [3.8, 4) is 17.9 Å². The van der Waals surface area contributed by atoms with Gasteiger partial charge in [0.1, 0.15) is 17.7 Å². The maximum Gasteiger partial charge on any atom is 0.168 e. The van der Waals surface area contributed by atoms with Crippen molar-refractivity contribution in [2.75, 3.05) is 7.11 Å². The predicted octanol–water partition coefficient (Wildman–Crippen LogP) is 3.24. The van der Waals surface area contributed by atoms with E-state index >= 15 is 0 Å². The Balaban J connectivity index is 0. The fourth-order valence-corrected chi connectivity index (χ4v) is 2.54. The van der Waals surface area contributed by atoms with Crippen LogP contribution < -0.4 is 0 Å². The van der Waals surface area contributed by atoms with E-state index in [1.54, 1.807) is 12.3 Å². The molecule has 8 nitrogen and oxygen atoms in total. The summed E-state index contributed by atoms with van der Waals surface area (Å²) in [5, 5.41) is 39.4. The van der Waals surface area contributed by atoms with Crippen molar-refractivity contribution < 1.29 is 31.4 Å². The minimum absolute atomic E-state index is 0. The molecule has 3 N–H and O–H groups in total. The van der Waals surface area contributed by atoms with Gasteiger partial charge in [0.15, 0.2) is 17.2 Å². The Morgan fingerprint density at radius 3 is 2.19 bits per heavy atom. The molecule has 11 heteroatoms. The number of carbonyl (C=O) groups excluding carboxylic acids is 1. The number of hydrogen-bond donors (Lipinski definition) is 3. The van der Waals surface area contributed by atoms with Gasteiger partial charge in [-0.2, -0.15) is 10.5 Å². The van der Waals surface area contributed by atoms with E-state index in [0.717, 1.165) is 9.86 Å². The summed E-state index contributed by atoms with van der Waals surface area (Å²) in [4.78, 5) is 12.9. The topological polar surface area (TPSA) is 155 Å². The minimum Gasteiger partial charge on any atom is -0.655 e. The molecule has 0 saturated carbocycles. The van der Waals surface area contributed by atoms with Gasteiger partial charge in [0.05, 0.1) is 4.47 Å². The minimum atomic E-state index is -0.590. The first kappa shape index (κ1) is 25.9. The number of aromatic nitrogens is 1. The molecule has 0 aliphatic heterocycles. The molecule has 0 saturated heterocycles. The van der Waals surface area contributed by atoms with E-state index in [1.165, 1.54) is 25.7 Å². The summed E-state index contributed by atoms with van der Waals surface area (Å²) < 4.78 is 5.30. The molecular weight excluding hydrogens is 517 g/mol. The van der Waals surface area contributed by atoms with E-state index in [0.29, 0.717) is 9.99 Å². The van der Waals surface area contributed by atoms with Crippen molar-refractivity contribution >= 4 is 60.7 Å². The number of nitrogens with zero attached hydrogens (tertiary/aromatic N) is 3. The summed E-state index contributed by atoms with van der Waals surface area (Å²) in [6, 6.07) is 8.24. The largest absolute Gasteiger partial charge is 0.655 e. The molecule has 1 heterocycles. The normalized spacial score (nSPS) is 8.04. The number of hydrogen-bond acceptors (Lipinski definition) is 8. The van der Waals surface area contributed by atoms with Crippen LogP contribution in [0.25, 0.3) is 10.9 Å². The molecule has 0 spiro atoms. The molecule has 1 aromatic heterocycles. The molecule has 0 bridgehead atoms. The number of benzene rings is 1. The van der Waals surface area contributed by atoms with Crippen LogP contribution in [0, 0.1) is 33.5 Å². The zero-order valence-electron chi connectivity index (χ0n) is 13.0. The Morgan fingerprint density at radius 1 is 1.27 bits per heavy atom. The molecule has 0 amide bonds. The average molecular weight is 527 g/mol. The van der Waals surface area contributed by atoms with Gasteiger partial charge < -0.3 is 14.6 Å². The molecule has 0 fully saturated rings. The van der Waals surface area contributed by atoms with Gasteiger partial charge in [-0.05, 0) is 28.1 Å². The number of phenols is 1. The number of aromatic hydroxyl groups is 1. The van der Waals surface area contributed by atoms with Crippen LogP contribution in [0.3, 0.4) is 0 Å². The van der Waals surface area contributed by atoms with E-state index in [4.69, 9.17) is 26.1 Å². The summed E-state index contributed by atoms with van der Waals surface area (Å²) in [7, 11) is 1.26. The van der Waals surface area contributed by atoms with Crippen LogP contribution >= 0.6 is 31.9 Å². The van der Waals surface area contributed by atoms with E-state index in [-0.39, 0.29) is 22.5 Å². The Labute approximate surface area is 176 Å². The molecule has 0 aliphatic carbocycles. The third-order valence-electron chi connectivity index (χ3n) is 2.33. The second kappa shape index (κ2) is 13.9. The number of phenolic OH excluding ortho intramolecular Hbond substituents is 1. The Bertz CT molecular complexity index is 854. The zero-order valence-corrected chi connectivity index (χ0v) is 17.2. The maximum atomic E-state index is 9.65. The summed E-state index contributed by atoms with van der Waals surface area (Å²) >= 11 is 6.65. The predicted molar refractivity (Wildman–Crippen MR) is 98.2 cm³/mol. The summed E-state index contributed by atoms with van der Waals surface area (Å²) in [5.41, 5.74) is -0.580. The zero-order chi connectivity index (χ0) is 19.4. The van der Waals surface area contributed by atoms with Crippen LogP contribution in [0.5, 0.6) is 5.75 Å². The number of methoxy groups -OCH3 is 1. The molecule has 137 valence electrons. The number of fused-ring (bicyclic) bond motifs is 1. The summed E-state index contributed by atoms with van der Waals surface area (Å²) in [6.07, 6.45) is 1.65. The van der Waals surface area contributed by atoms with Crippen LogP contribution in [-0.4, -0.2) is 35.1 Å². The number of rotatable bonds is 2. The molecule has 26 heavy (non-hydrogen) atoms. The maximum absolute atomic E-state index is 9.65. The van der Waals surface area contributed by atoms with Crippen LogP contribution in [0.2, 0.25) is 0 Å². The van der Waals surface area contributed by atoms with E-state index in [9.17, 15) is 5.11 Å². The van der Waals surface area contributed by atoms with Gasteiger partial charge in [-0.15, -0.1) is 0 Å². The molecule has 2 aromatic rings. The van der Waals surface area contributed by atoms with Gasteiger partial charge >= 0.3 is 0 Å². The van der Waals surface area contributed by atoms with Crippen LogP contribution in [-0.2, 0) is 26.3 Å². The monoisotopic (exact) mass is 525 g/mol. The quantitative estimate of drug-likeness (QED) is 0.403. The first-order valence-corrected chi connectivity index (χ1v) is 7.72. The molecule has 0 atom stereocenters. The number of halogens is 2. The number of ether oxygens (including phenoxy) is 1. The van der Waals surface area contributed by atoms with E-state index in [1.807, 2.05) is 12.1 Å². The molecule has 0 aliphatic rings. The van der Waals surface area contributed by atoms with Gasteiger partial charge in [0.2, 0.25) is 0 Å². The number of nitrogens with one attached hydrogen (secondary N) is 2. The van der Waals surface area contributed by atoms with Gasteiger partial charge in [-0.1, -0.05) is 28.5 Å². The first-order chi connectivity index (χ1) is 11.8. The Morgan fingerprint density at radius 2 is 1.77 bits per heavy atom. The molecule has 1 aromatic carbocycles. The SMILES string of the molecule is CO[C-]=O.N#CC(=N)C(=N)C#N.Oc1c(Br)cc(Br)c2cccnc12.[Co]. The van der Waals surface area contributed by atoms with Crippen LogP contribution in [0.4, 0.5) is 0 Å². The number of pyridine rings is 1. The summed E-state index contributed by atoms with van der Waals surface area (Å²) in [6.45, 7) is 1.18. The number of nitriles is 2. The van der Waals surface area contributed by atoms with E-state index in [2.05, 4.69) is 41.6 Å². The smallest absolute Gasteiger partial charge is 0.168 e.